The molecule has 0 N–H and O–H groups in total. The van der Waals surface area contributed by atoms with Gasteiger partial charge < -0.3 is 18.8 Å². The van der Waals surface area contributed by atoms with E-state index in [1.54, 1.807) is 12.1 Å². The fourth-order valence-electron chi connectivity index (χ4n) is 6.26. The minimum atomic E-state index is -0.398. The quantitative estimate of drug-likeness (QED) is 0.120. The number of benzene rings is 6. The Hall–Kier alpha value is -5.24. The predicted octanol–water partition coefficient (Wildman–Crippen LogP) is 8.81. The van der Waals surface area contributed by atoms with Crippen LogP contribution in [0.1, 0.15) is 54.0 Å². The molecule has 0 unspecified atom stereocenters. The first-order valence-corrected chi connectivity index (χ1v) is 16.9. The van der Waals surface area contributed by atoms with Gasteiger partial charge in [0.1, 0.15) is 0 Å². The van der Waals surface area contributed by atoms with Gasteiger partial charge in [-0.1, -0.05) is 84.9 Å². The molecule has 0 bridgehead atoms. The Morgan fingerprint density at radius 2 is 1.02 bits per heavy atom. The van der Waals surface area contributed by atoms with Crippen molar-refractivity contribution in [1.29, 1.82) is 0 Å². The maximum absolute atomic E-state index is 12.9. The van der Waals surface area contributed by atoms with E-state index in [9.17, 15) is 9.59 Å². The molecule has 0 radical (unpaired) electrons. The highest BCUT2D eigenvalue weighted by molar-refractivity contribution is 6.62. The average Bonchev–Trinajstić information content (AvgIpc) is 3.36. The minimum absolute atomic E-state index is 0.287. The second-order valence-electron chi connectivity index (χ2n) is 13.8. The van der Waals surface area contributed by atoms with Crippen molar-refractivity contribution in [3.63, 3.8) is 0 Å². The first-order valence-electron chi connectivity index (χ1n) is 16.9. The van der Waals surface area contributed by atoms with Gasteiger partial charge in [0.2, 0.25) is 0 Å². The van der Waals surface area contributed by atoms with Crippen molar-refractivity contribution in [3.8, 4) is 22.3 Å². The lowest BCUT2D eigenvalue weighted by atomic mass is 9.78. The van der Waals surface area contributed by atoms with Gasteiger partial charge in [-0.3, -0.25) is 0 Å². The van der Waals surface area contributed by atoms with Crippen LogP contribution in [0.5, 0.6) is 0 Å². The Morgan fingerprint density at radius 1 is 0.560 bits per heavy atom. The number of hydrogen-bond donors (Lipinski definition) is 0. The van der Waals surface area contributed by atoms with Crippen molar-refractivity contribution in [2.24, 2.45) is 0 Å². The second kappa shape index (κ2) is 13.2. The van der Waals surface area contributed by atoms with Gasteiger partial charge in [0.15, 0.2) is 0 Å². The molecular formula is C43H39BO6. The van der Waals surface area contributed by atoms with Crippen LogP contribution in [-0.4, -0.2) is 44.0 Å². The molecule has 0 aromatic heterocycles. The van der Waals surface area contributed by atoms with Crippen molar-refractivity contribution in [1.82, 2.24) is 0 Å². The molecule has 0 spiro atoms. The lowest BCUT2D eigenvalue weighted by molar-refractivity contribution is 0.00578. The Morgan fingerprint density at radius 3 is 1.58 bits per heavy atom. The third-order valence-electron chi connectivity index (χ3n) is 10.0. The fourth-order valence-corrected chi connectivity index (χ4v) is 6.26. The van der Waals surface area contributed by atoms with Gasteiger partial charge in [-0.05, 0) is 119 Å². The standard InChI is InChI=1S/C43H39BO6/c1-42(2)43(3,4)50-44(49-42)39-21-20-37-26-35(18-19-38(37)27-39)30-10-14-32(15-11-30)41(46)48-23-22-28-6-7-36-25-34(17-16-33(36)24-28)29-8-12-31(13-9-29)40(45)47-5/h6-21,24-27H,22-23H2,1-5H3. The summed E-state index contributed by atoms with van der Waals surface area (Å²) in [5.41, 5.74) is 6.55. The van der Waals surface area contributed by atoms with Crippen molar-refractivity contribution in [3.05, 3.63) is 138 Å². The molecule has 6 aromatic rings. The smallest absolute Gasteiger partial charge is 0.465 e. The number of ether oxygens (including phenoxy) is 2. The van der Waals surface area contributed by atoms with Crippen LogP contribution in [0, 0.1) is 0 Å². The van der Waals surface area contributed by atoms with Crippen molar-refractivity contribution in [2.75, 3.05) is 13.7 Å². The summed E-state index contributed by atoms with van der Waals surface area (Å²) in [7, 11) is 0.980. The third kappa shape index (κ3) is 6.67. The SMILES string of the molecule is COC(=O)c1ccc(-c2ccc3cc(CCOC(=O)c4ccc(-c5ccc6cc(B7OC(C)(C)C(C)(C)O7)ccc6c5)cc4)ccc3c2)cc1. The van der Waals surface area contributed by atoms with Gasteiger partial charge >= 0.3 is 19.1 Å². The Bertz CT molecular complexity index is 2200. The molecule has 1 aliphatic heterocycles. The fraction of sp³-hybridized carbons (Fsp3) is 0.209. The monoisotopic (exact) mass is 662 g/mol. The Kier molecular flexibility index (Phi) is 8.81. The van der Waals surface area contributed by atoms with Crippen LogP contribution in [0.25, 0.3) is 43.8 Å². The Balaban J connectivity index is 0.952. The molecule has 50 heavy (non-hydrogen) atoms. The highest BCUT2D eigenvalue weighted by Gasteiger charge is 2.51. The van der Waals surface area contributed by atoms with Crippen LogP contribution < -0.4 is 5.46 Å². The average molecular weight is 663 g/mol. The molecule has 7 rings (SSSR count). The van der Waals surface area contributed by atoms with Crippen LogP contribution >= 0.6 is 0 Å². The minimum Gasteiger partial charge on any atom is -0.465 e. The molecule has 1 heterocycles. The van der Waals surface area contributed by atoms with Crippen LogP contribution in [0.2, 0.25) is 0 Å². The first kappa shape index (κ1) is 33.3. The highest BCUT2D eigenvalue weighted by Crippen LogP contribution is 2.37. The number of esters is 2. The summed E-state index contributed by atoms with van der Waals surface area (Å²) in [5.74, 6) is -0.688. The zero-order chi connectivity index (χ0) is 35.0. The Labute approximate surface area is 293 Å². The van der Waals surface area contributed by atoms with E-state index in [-0.39, 0.29) is 29.7 Å². The zero-order valence-electron chi connectivity index (χ0n) is 29.0. The number of methoxy groups -OCH3 is 1. The molecule has 0 atom stereocenters. The number of carbonyl (C=O) groups is 2. The van der Waals surface area contributed by atoms with Crippen molar-refractivity contribution >= 4 is 46.1 Å². The predicted molar refractivity (Wildman–Crippen MR) is 200 cm³/mol. The van der Waals surface area contributed by atoms with E-state index in [0.29, 0.717) is 17.5 Å². The molecule has 1 aliphatic rings. The van der Waals surface area contributed by atoms with E-state index >= 15 is 0 Å². The molecule has 7 heteroatoms. The van der Waals surface area contributed by atoms with Gasteiger partial charge in [0.25, 0.3) is 0 Å². The number of carbonyl (C=O) groups excluding carboxylic acids is 2. The van der Waals surface area contributed by atoms with Gasteiger partial charge in [-0.2, -0.15) is 0 Å². The molecule has 1 fully saturated rings. The van der Waals surface area contributed by atoms with E-state index in [0.717, 1.165) is 54.8 Å². The van der Waals surface area contributed by atoms with Crippen LogP contribution in [0.3, 0.4) is 0 Å². The summed E-state index contributed by atoms with van der Waals surface area (Å²) < 4.78 is 22.9. The molecule has 6 nitrogen and oxygen atoms in total. The van der Waals surface area contributed by atoms with Gasteiger partial charge in [-0.15, -0.1) is 0 Å². The zero-order valence-corrected chi connectivity index (χ0v) is 29.0. The lowest BCUT2D eigenvalue weighted by Crippen LogP contribution is -2.41. The van der Waals surface area contributed by atoms with Gasteiger partial charge in [0.05, 0.1) is 36.0 Å². The normalized spacial score (nSPS) is 14.9. The van der Waals surface area contributed by atoms with E-state index in [1.807, 2.05) is 36.4 Å². The third-order valence-corrected chi connectivity index (χ3v) is 10.0. The molecular weight excluding hydrogens is 623 g/mol. The number of hydrogen-bond acceptors (Lipinski definition) is 6. The molecule has 250 valence electrons. The van der Waals surface area contributed by atoms with Crippen LogP contribution in [0.15, 0.2) is 121 Å². The molecule has 0 aliphatic carbocycles. The summed E-state index contributed by atoms with van der Waals surface area (Å²) in [6.45, 7) is 8.53. The summed E-state index contributed by atoms with van der Waals surface area (Å²) >= 11 is 0. The van der Waals surface area contributed by atoms with Crippen molar-refractivity contribution < 1.29 is 28.4 Å². The van der Waals surface area contributed by atoms with Crippen molar-refractivity contribution in [2.45, 2.75) is 45.3 Å². The topological polar surface area (TPSA) is 71.1 Å². The summed E-state index contributed by atoms with van der Waals surface area (Å²) in [6.07, 6.45) is 0.615. The maximum Gasteiger partial charge on any atom is 0.494 e. The van der Waals surface area contributed by atoms with E-state index in [1.165, 1.54) is 7.11 Å². The van der Waals surface area contributed by atoms with Gasteiger partial charge in [-0.25, -0.2) is 9.59 Å². The largest absolute Gasteiger partial charge is 0.494 e. The maximum atomic E-state index is 12.9. The first-order chi connectivity index (χ1) is 24.0. The molecule has 1 saturated heterocycles. The summed E-state index contributed by atoms with van der Waals surface area (Å²) in [5, 5.41) is 4.45. The molecule has 6 aromatic carbocycles. The van der Waals surface area contributed by atoms with Crippen LogP contribution in [-0.2, 0) is 25.2 Å². The molecule has 0 amide bonds. The summed E-state index contributed by atoms with van der Waals surface area (Å²) in [4.78, 5) is 24.6. The number of fused-ring (bicyclic) bond motifs is 2. The second-order valence-corrected chi connectivity index (χ2v) is 13.8. The van der Waals surface area contributed by atoms with E-state index < -0.39 is 7.12 Å². The lowest BCUT2D eigenvalue weighted by Gasteiger charge is -2.32. The van der Waals surface area contributed by atoms with E-state index in [4.69, 9.17) is 18.8 Å². The van der Waals surface area contributed by atoms with E-state index in [2.05, 4.69) is 100 Å². The highest BCUT2D eigenvalue weighted by atomic mass is 16.7. The molecule has 0 saturated carbocycles. The van der Waals surface area contributed by atoms with Gasteiger partial charge in [0, 0.05) is 6.42 Å². The summed E-state index contributed by atoms with van der Waals surface area (Å²) in [6, 6.07) is 40.2. The van der Waals surface area contributed by atoms with Crippen LogP contribution in [0.4, 0.5) is 0 Å². The number of rotatable bonds is 8.